The van der Waals surface area contributed by atoms with E-state index in [0.29, 0.717) is 5.56 Å². The Morgan fingerprint density at radius 3 is 2.89 bits per heavy atom. The Morgan fingerprint density at radius 2 is 2.00 bits per heavy atom. The molecule has 1 heterocycles. The van der Waals surface area contributed by atoms with Gasteiger partial charge in [-0.1, -0.05) is 24.3 Å². The molecule has 0 radical (unpaired) electrons. The maximum Gasteiger partial charge on any atom is 0.129 e. The van der Waals surface area contributed by atoms with E-state index in [1.54, 1.807) is 12.1 Å². The van der Waals surface area contributed by atoms with Crippen molar-refractivity contribution in [2.24, 2.45) is 0 Å². The van der Waals surface area contributed by atoms with Crippen molar-refractivity contribution in [1.82, 2.24) is 5.32 Å². The topological polar surface area (TPSA) is 21.3 Å². The number of benzene rings is 2. The van der Waals surface area contributed by atoms with E-state index in [-0.39, 0.29) is 12.4 Å². The highest BCUT2D eigenvalue weighted by Gasteiger charge is 2.09. The van der Waals surface area contributed by atoms with Crippen molar-refractivity contribution in [3.63, 3.8) is 0 Å². The molecule has 19 heavy (non-hydrogen) atoms. The summed E-state index contributed by atoms with van der Waals surface area (Å²) in [5, 5.41) is 3.34. The van der Waals surface area contributed by atoms with Crippen LogP contribution in [-0.4, -0.2) is 6.54 Å². The van der Waals surface area contributed by atoms with Crippen LogP contribution < -0.4 is 10.1 Å². The van der Waals surface area contributed by atoms with E-state index in [9.17, 15) is 4.39 Å². The number of hydrogen-bond donors (Lipinski definition) is 1. The first-order chi connectivity index (χ1) is 9.33. The lowest BCUT2D eigenvalue weighted by atomic mass is 10.0. The van der Waals surface area contributed by atoms with E-state index in [1.165, 1.54) is 17.2 Å². The summed E-state index contributed by atoms with van der Waals surface area (Å²) in [5.74, 6) is 0.577. The van der Waals surface area contributed by atoms with Crippen molar-refractivity contribution >= 4 is 0 Å². The first kappa shape index (κ1) is 12.2. The minimum atomic E-state index is -0.220. The summed E-state index contributed by atoms with van der Waals surface area (Å²) in [4.78, 5) is 0. The van der Waals surface area contributed by atoms with Gasteiger partial charge in [0.2, 0.25) is 0 Å². The molecule has 98 valence electrons. The Bertz CT molecular complexity index is 583. The molecule has 2 aromatic carbocycles. The highest BCUT2D eigenvalue weighted by molar-refractivity contribution is 5.37. The molecular formula is C16H16FNO. The van der Waals surface area contributed by atoms with Crippen LogP contribution in [0.5, 0.6) is 5.75 Å². The fourth-order valence-corrected chi connectivity index (χ4v) is 2.32. The summed E-state index contributed by atoms with van der Waals surface area (Å²) in [6.45, 7) is 2.17. The van der Waals surface area contributed by atoms with E-state index in [4.69, 9.17) is 4.74 Å². The summed E-state index contributed by atoms with van der Waals surface area (Å²) in [6.07, 6.45) is 1.06. The van der Waals surface area contributed by atoms with Gasteiger partial charge in [0, 0.05) is 12.1 Å². The molecule has 0 spiro atoms. The van der Waals surface area contributed by atoms with Crippen LogP contribution in [0.15, 0.2) is 42.5 Å². The Morgan fingerprint density at radius 1 is 1.11 bits per heavy atom. The van der Waals surface area contributed by atoms with Crippen molar-refractivity contribution < 1.29 is 9.13 Å². The molecule has 1 aliphatic heterocycles. The van der Waals surface area contributed by atoms with Gasteiger partial charge in [0.25, 0.3) is 0 Å². The number of fused-ring (bicyclic) bond motifs is 1. The van der Waals surface area contributed by atoms with Gasteiger partial charge in [-0.05, 0) is 42.3 Å². The van der Waals surface area contributed by atoms with E-state index in [2.05, 4.69) is 11.4 Å². The number of rotatable bonds is 3. The molecule has 0 atom stereocenters. The van der Waals surface area contributed by atoms with Crippen LogP contribution in [0.25, 0.3) is 0 Å². The number of nitrogens with one attached hydrogen (secondary N) is 1. The van der Waals surface area contributed by atoms with Gasteiger partial charge < -0.3 is 10.1 Å². The van der Waals surface area contributed by atoms with Crippen LogP contribution in [0.4, 0.5) is 4.39 Å². The maximum absolute atomic E-state index is 13.5. The average molecular weight is 257 g/mol. The minimum Gasteiger partial charge on any atom is -0.489 e. The lowest BCUT2D eigenvalue weighted by molar-refractivity contribution is 0.299. The van der Waals surface area contributed by atoms with Crippen molar-refractivity contribution in [3.05, 3.63) is 65.0 Å². The van der Waals surface area contributed by atoms with Crippen LogP contribution in [0, 0.1) is 5.82 Å². The molecular weight excluding hydrogens is 241 g/mol. The molecule has 0 amide bonds. The molecule has 3 heteroatoms. The third-order valence-electron chi connectivity index (χ3n) is 3.42. The predicted octanol–water partition coefficient (Wildman–Crippen LogP) is 3.05. The van der Waals surface area contributed by atoms with E-state index >= 15 is 0 Å². The van der Waals surface area contributed by atoms with E-state index < -0.39 is 0 Å². The van der Waals surface area contributed by atoms with Gasteiger partial charge >= 0.3 is 0 Å². The van der Waals surface area contributed by atoms with Crippen LogP contribution in [0.1, 0.15) is 16.7 Å². The SMILES string of the molecule is Fc1ccccc1COc1ccc2c(c1)CNCC2. The Balaban J connectivity index is 1.72. The lowest BCUT2D eigenvalue weighted by Crippen LogP contribution is -2.23. The average Bonchev–Trinajstić information content (AvgIpc) is 2.46. The molecule has 1 aliphatic rings. The summed E-state index contributed by atoms with van der Waals surface area (Å²) < 4.78 is 19.1. The van der Waals surface area contributed by atoms with Crippen LogP contribution in [0.3, 0.4) is 0 Å². The van der Waals surface area contributed by atoms with E-state index in [1.807, 2.05) is 18.2 Å². The second-order valence-corrected chi connectivity index (χ2v) is 4.74. The zero-order valence-corrected chi connectivity index (χ0v) is 10.7. The zero-order chi connectivity index (χ0) is 13.1. The van der Waals surface area contributed by atoms with Crippen molar-refractivity contribution in [2.45, 2.75) is 19.6 Å². The fourth-order valence-electron chi connectivity index (χ4n) is 2.32. The molecule has 2 aromatic rings. The standard InChI is InChI=1S/C16H16FNO/c17-16-4-2-1-3-13(16)11-19-15-6-5-12-7-8-18-10-14(12)9-15/h1-6,9,18H,7-8,10-11H2. The Kier molecular flexibility index (Phi) is 3.47. The molecule has 0 unspecified atom stereocenters. The Labute approximate surface area is 112 Å². The van der Waals surface area contributed by atoms with Crippen molar-refractivity contribution in [2.75, 3.05) is 6.54 Å². The molecule has 2 nitrogen and oxygen atoms in total. The molecule has 0 fully saturated rings. The smallest absolute Gasteiger partial charge is 0.129 e. The molecule has 0 aliphatic carbocycles. The third-order valence-corrected chi connectivity index (χ3v) is 3.42. The number of ether oxygens (including phenoxy) is 1. The van der Waals surface area contributed by atoms with Gasteiger partial charge in [0.05, 0.1) is 0 Å². The van der Waals surface area contributed by atoms with Crippen molar-refractivity contribution in [3.8, 4) is 5.75 Å². The second-order valence-electron chi connectivity index (χ2n) is 4.74. The third kappa shape index (κ3) is 2.76. The maximum atomic E-state index is 13.5. The molecule has 0 bridgehead atoms. The minimum absolute atomic E-state index is 0.220. The van der Waals surface area contributed by atoms with Gasteiger partial charge in [-0.2, -0.15) is 0 Å². The van der Waals surface area contributed by atoms with Crippen LogP contribution in [0.2, 0.25) is 0 Å². The molecule has 0 saturated heterocycles. The largest absolute Gasteiger partial charge is 0.489 e. The van der Waals surface area contributed by atoms with E-state index in [0.717, 1.165) is 25.3 Å². The Hall–Kier alpha value is -1.87. The van der Waals surface area contributed by atoms with Crippen molar-refractivity contribution in [1.29, 1.82) is 0 Å². The number of halogens is 1. The first-order valence-electron chi connectivity index (χ1n) is 6.51. The summed E-state index contributed by atoms with van der Waals surface area (Å²) in [7, 11) is 0. The van der Waals surface area contributed by atoms with Crippen LogP contribution in [-0.2, 0) is 19.6 Å². The van der Waals surface area contributed by atoms with Gasteiger partial charge in [0.15, 0.2) is 0 Å². The van der Waals surface area contributed by atoms with Gasteiger partial charge in [0.1, 0.15) is 18.2 Å². The lowest BCUT2D eigenvalue weighted by Gasteiger charge is -2.18. The normalized spacial score (nSPS) is 13.9. The second kappa shape index (κ2) is 5.41. The monoisotopic (exact) mass is 257 g/mol. The summed E-state index contributed by atoms with van der Waals surface area (Å²) in [5.41, 5.74) is 3.23. The molecule has 0 saturated carbocycles. The molecule has 0 aromatic heterocycles. The van der Waals surface area contributed by atoms with Gasteiger partial charge in [-0.25, -0.2) is 4.39 Å². The fraction of sp³-hybridized carbons (Fsp3) is 0.250. The summed E-state index contributed by atoms with van der Waals surface area (Å²) in [6, 6.07) is 12.8. The molecule has 1 N–H and O–H groups in total. The van der Waals surface area contributed by atoms with Gasteiger partial charge in [-0.15, -0.1) is 0 Å². The van der Waals surface area contributed by atoms with Gasteiger partial charge in [-0.3, -0.25) is 0 Å². The zero-order valence-electron chi connectivity index (χ0n) is 10.7. The quantitative estimate of drug-likeness (QED) is 0.912. The first-order valence-corrected chi connectivity index (χ1v) is 6.51. The predicted molar refractivity (Wildman–Crippen MR) is 72.6 cm³/mol. The highest BCUT2D eigenvalue weighted by Crippen LogP contribution is 2.21. The van der Waals surface area contributed by atoms with Crippen LogP contribution >= 0.6 is 0 Å². The highest BCUT2D eigenvalue weighted by atomic mass is 19.1. The molecule has 3 rings (SSSR count). The number of hydrogen-bond acceptors (Lipinski definition) is 2. The summed E-state index contributed by atoms with van der Waals surface area (Å²) >= 11 is 0.